The van der Waals surface area contributed by atoms with Crippen LogP contribution in [0.5, 0.6) is 0 Å². The number of hydrogen-bond acceptors (Lipinski definition) is 4. The molecule has 0 radical (unpaired) electrons. The van der Waals surface area contributed by atoms with Crippen molar-refractivity contribution in [1.82, 2.24) is 0 Å². The number of benzene rings is 1. The van der Waals surface area contributed by atoms with Crippen LogP contribution in [-0.4, -0.2) is 31.7 Å². The van der Waals surface area contributed by atoms with Gasteiger partial charge in [-0.05, 0) is 0 Å². The molecule has 3 atom stereocenters. The molecule has 1 fully saturated rings. The summed E-state index contributed by atoms with van der Waals surface area (Å²) in [5.74, 6) is 0.186. The van der Waals surface area contributed by atoms with E-state index in [1.807, 2.05) is 58.0 Å². The molecule has 0 amide bonds. The Bertz CT molecular complexity index is 545. The van der Waals surface area contributed by atoms with Crippen LogP contribution < -0.4 is 4.46 Å². The summed E-state index contributed by atoms with van der Waals surface area (Å²) >= 11 is -2.08. The maximum absolute atomic E-state index is 13.0. The van der Waals surface area contributed by atoms with Gasteiger partial charge in [0.05, 0.1) is 0 Å². The van der Waals surface area contributed by atoms with Crippen molar-refractivity contribution in [3.8, 4) is 0 Å². The third-order valence-electron chi connectivity index (χ3n) is 3.38. The molecule has 0 bridgehead atoms. The van der Waals surface area contributed by atoms with Crippen molar-refractivity contribution >= 4 is 25.9 Å². The Morgan fingerprint density at radius 2 is 1.68 bits per heavy atom. The summed E-state index contributed by atoms with van der Waals surface area (Å²) in [6.07, 6.45) is 0.504. The molecule has 22 heavy (non-hydrogen) atoms. The Kier molecular flexibility index (Phi) is 6.15. The first kappa shape index (κ1) is 18.0. The van der Waals surface area contributed by atoms with E-state index >= 15 is 0 Å². The Morgan fingerprint density at radius 1 is 1.14 bits per heavy atom. The third-order valence-corrected chi connectivity index (χ3v) is 9.46. The van der Waals surface area contributed by atoms with Gasteiger partial charge in [0.25, 0.3) is 0 Å². The van der Waals surface area contributed by atoms with Crippen LogP contribution in [0.25, 0.3) is 0 Å². The Morgan fingerprint density at radius 3 is 2.18 bits per heavy atom. The van der Waals surface area contributed by atoms with Gasteiger partial charge in [-0.15, -0.1) is 0 Å². The zero-order valence-corrected chi connectivity index (χ0v) is 16.2. The van der Waals surface area contributed by atoms with E-state index in [4.69, 9.17) is 9.05 Å². The molecular weight excluding hydrogens is 366 g/mol. The molecule has 2 unspecified atom stereocenters. The van der Waals surface area contributed by atoms with E-state index in [1.54, 1.807) is 0 Å². The summed E-state index contributed by atoms with van der Waals surface area (Å²) in [4.78, 5) is 0. The van der Waals surface area contributed by atoms with E-state index < -0.39 is 21.4 Å². The molecule has 0 heterocycles. The monoisotopic (exact) mass is 392 g/mol. The molecular formula is C16H25O4PSe. The van der Waals surface area contributed by atoms with Gasteiger partial charge in [0.1, 0.15) is 0 Å². The second-order valence-electron chi connectivity index (χ2n) is 6.24. The van der Waals surface area contributed by atoms with Crippen molar-refractivity contribution in [2.24, 2.45) is 5.92 Å². The summed E-state index contributed by atoms with van der Waals surface area (Å²) in [6.45, 7) is 7.45. The molecule has 1 saturated carbocycles. The fraction of sp³-hybridized carbons (Fsp3) is 0.625. The predicted molar refractivity (Wildman–Crippen MR) is 89.3 cm³/mol. The fourth-order valence-electron chi connectivity index (χ4n) is 2.43. The van der Waals surface area contributed by atoms with E-state index in [0.29, 0.717) is 5.32 Å². The predicted octanol–water partition coefficient (Wildman–Crippen LogP) is 3.75. The van der Waals surface area contributed by atoms with E-state index in [2.05, 4.69) is 0 Å². The first-order chi connectivity index (χ1) is 10.3. The van der Waals surface area contributed by atoms with Crippen molar-refractivity contribution in [2.45, 2.75) is 57.3 Å². The van der Waals surface area contributed by atoms with Crippen LogP contribution >= 0.6 is 7.60 Å². The molecule has 2 rings (SSSR count). The fourth-order valence-corrected chi connectivity index (χ4v) is 8.40. The summed E-state index contributed by atoms with van der Waals surface area (Å²) in [5.41, 5.74) is -0.0961. The van der Waals surface area contributed by atoms with E-state index in [1.165, 1.54) is 0 Å². The first-order valence-electron chi connectivity index (χ1n) is 7.71. The van der Waals surface area contributed by atoms with Crippen molar-refractivity contribution in [3.63, 3.8) is 0 Å². The van der Waals surface area contributed by atoms with Crippen LogP contribution in [0, 0.1) is 5.92 Å². The van der Waals surface area contributed by atoms with Crippen LogP contribution in [-0.2, 0) is 17.4 Å². The first-order valence-corrected chi connectivity index (χ1v) is 12.1. The average Bonchev–Trinajstić information content (AvgIpc) is 3.18. The molecule has 0 aliphatic heterocycles. The summed E-state index contributed by atoms with van der Waals surface area (Å²) in [6, 6.07) is 9.54. The van der Waals surface area contributed by atoms with Crippen LogP contribution in [0.15, 0.2) is 30.3 Å². The summed E-state index contributed by atoms with van der Waals surface area (Å²) in [7, 11) is -3.12. The minimum atomic E-state index is -3.12. The quantitative estimate of drug-likeness (QED) is 0.500. The third kappa shape index (κ3) is 4.84. The normalized spacial score (nSPS) is 23.0. The van der Waals surface area contributed by atoms with Crippen LogP contribution in [0.3, 0.4) is 0 Å². The Hall–Kier alpha value is -0.311. The average molecular weight is 391 g/mol. The number of hydrogen-bond donors (Lipinski definition) is 0. The summed E-state index contributed by atoms with van der Waals surface area (Å²) < 4.78 is 37.6. The Balaban J connectivity index is 1.99. The van der Waals surface area contributed by atoms with Crippen LogP contribution in [0.1, 0.15) is 34.1 Å². The van der Waals surface area contributed by atoms with Gasteiger partial charge in [-0.25, -0.2) is 0 Å². The topological polar surface area (TPSA) is 52.6 Å². The molecule has 1 aliphatic rings. The molecule has 1 aromatic rings. The van der Waals surface area contributed by atoms with Crippen molar-refractivity contribution in [3.05, 3.63) is 30.3 Å². The standard InChI is InChI=1S/C16H25O4PSe/c1-12(2)19-21(17,20-13(3)4)16-10-14(16)11-22(18)15-8-6-5-7-9-15/h5-9,12-14,16H,10-11H2,1-4H3/t14-,16?,22?/m0/s1. The second kappa shape index (κ2) is 7.51. The van der Waals surface area contributed by atoms with Crippen LogP contribution in [0.2, 0.25) is 5.32 Å². The van der Waals surface area contributed by atoms with Crippen molar-refractivity contribution in [1.29, 1.82) is 0 Å². The molecule has 0 spiro atoms. The zero-order valence-electron chi connectivity index (χ0n) is 13.6. The molecule has 6 heteroatoms. The maximum atomic E-state index is 13.0. The van der Waals surface area contributed by atoms with Gasteiger partial charge < -0.3 is 0 Å². The van der Waals surface area contributed by atoms with Gasteiger partial charge in [0.15, 0.2) is 0 Å². The molecule has 1 aromatic carbocycles. The molecule has 0 saturated heterocycles. The SMILES string of the molecule is CC(C)OP(=O)(OC(C)C)C1C[C@H]1C[Se](=O)c1ccccc1. The van der Waals surface area contributed by atoms with Gasteiger partial charge >= 0.3 is 137 Å². The molecule has 0 aromatic heterocycles. The van der Waals surface area contributed by atoms with Crippen molar-refractivity contribution in [2.75, 3.05) is 0 Å². The number of rotatable bonds is 8. The van der Waals surface area contributed by atoms with Gasteiger partial charge in [-0.1, -0.05) is 0 Å². The molecule has 1 aliphatic carbocycles. The molecule has 4 nitrogen and oxygen atoms in total. The Labute approximate surface area is 137 Å². The van der Waals surface area contributed by atoms with Crippen LogP contribution in [0.4, 0.5) is 0 Å². The zero-order chi connectivity index (χ0) is 16.3. The molecule has 0 N–H and O–H groups in total. The summed E-state index contributed by atoms with van der Waals surface area (Å²) in [5, 5.41) is 0.613. The van der Waals surface area contributed by atoms with Gasteiger partial charge in [-0.3, -0.25) is 0 Å². The van der Waals surface area contributed by atoms with Crippen molar-refractivity contribution < 1.29 is 17.4 Å². The van der Waals surface area contributed by atoms with Gasteiger partial charge in [0.2, 0.25) is 0 Å². The minimum absolute atomic E-state index is 0.0961. The van der Waals surface area contributed by atoms with Gasteiger partial charge in [0, 0.05) is 0 Å². The van der Waals surface area contributed by atoms with Gasteiger partial charge in [-0.2, -0.15) is 0 Å². The molecule has 124 valence electrons. The van der Waals surface area contributed by atoms with E-state index in [-0.39, 0.29) is 23.8 Å². The van der Waals surface area contributed by atoms with E-state index in [9.17, 15) is 8.40 Å². The van der Waals surface area contributed by atoms with E-state index in [0.717, 1.165) is 10.9 Å². The second-order valence-corrected chi connectivity index (χ2v) is 11.5.